The highest BCUT2D eigenvalue weighted by Gasteiger charge is 2.31. The first kappa shape index (κ1) is 15.9. The molecule has 1 heterocycles. The van der Waals surface area contributed by atoms with Crippen LogP contribution in [0.4, 0.5) is 0 Å². The van der Waals surface area contributed by atoms with E-state index in [1.54, 1.807) is 7.11 Å². The molecule has 1 aliphatic heterocycles. The van der Waals surface area contributed by atoms with Crippen molar-refractivity contribution in [3.05, 3.63) is 0 Å². The highest BCUT2D eigenvalue weighted by atomic mass is 16.5. The fourth-order valence-corrected chi connectivity index (χ4v) is 2.63. The molecule has 0 aliphatic carbocycles. The lowest BCUT2D eigenvalue weighted by atomic mass is 9.90. The molecule has 4 nitrogen and oxygen atoms in total. The SMILES string of the molecule is COC(C)CNC1(CN)CCCN(C(C)C)CC1. The average molecular weight is 257 g/mol. The molecule has 0 aromatic carbocycles. The smallest absolute Gasteiger partial charge is 0.0667 e. The lowest BCUT2D eigenvalue weighted by molar-refractivity contribution is 0.104. The number of nitrogens with one attached hydrogen (secondary N) is 1. The van der Waals surface area contributed by atoms with Gasteiger partial charge in [0.05, 0.1) is 6.10 Å². The summed E-state index contributed by atoms with van der Waals surface area (Å²) in [7, 11) is 1.76. The molecular formula is C14H31N3O. The predicted octanol–water partition coefficient (Wildman–Crippen LogP) is 1.20. The van der Waals surface area contributed by atoms with Crippen LogP contribution >= 0.6 is 0 Å². The van der Waals surface area contributed by atoms with Crippen molar-refractivity contribution in [1.82, 2.24) is 10.2 Å². The maximum Gasteiger partial charge on any atom is 0.0667 e. The summed E-state index contributed by atoms with van der Waals surface area (Å²) in [4.78, 5) is 2.55. The summed E-state index contributed by atoms with van der Waals surface area (Å²) in [6.07, 6.45) is 3.78. The van der Waals surface area contributed by atoms with Gasteiger partial charge in [0.25, 0.3) is 0 Å². The van der Waals surface area contributed by atoms with Crippen molar-refractivity contribution >= 4 is 0 Å². The molecule has 0 bridgehead atoms. The molecule has 2 atom stereocenters. The zero-order valence-corrected chi connectivity index (χ0v) is 12.5. The second-order valence-corrected chi connectivity index (χ2v) is 5.89. The van der Waals surface area contributed by atoms with Gasteiger partial charge in [0.2, 0.25) is 0 Å². The highest BCUT2D eigenvalue weighted by Crippen LogP contribution is 2.22. The molecule has 0 spiro atoms. The maximum absolute atomic E-state index is 6.04. The van der Waals surface area contributed by atoms with E-state index in [0.29, 0.717) is 6.04 Å². The number of hydrogen-bond donors (Lipinski definition) is 2. The molecule has 18 heavy (non-hydrogen) atoms. The molecule has 0 saturated carbocycles. The minimum Gasteiger partial charge on any atom is -0.380 e. The van der Waals surface area contributed by atoms with Crippen molar-refractivity contribution in [3.8, 4) is 0 Å². The van der Waals surface area contributed by atoms with Crippen molar-refractivity contribution in [2.24, 2.45) is 5.73 Å². The minimum absolute atomic E-state index is 0.108. The van der Waals surface area contributed by atoms with Crippen molar-refractivity contribution in [3.63, 3.8) is 0 Å². The van der Waals surface area contributed by atoms with Gasteiger partial charge in [-0.25, -0.2) is 0 Å². The van der Waals surface area contributed by atoms with Crippen LogP contribution < -0.4 is 11.1 Å². The Hall–Kier alpha value is -0.160. The van der Waals surface area contributed by atoms with Crippen LogP contribution in [0.1, 0.15) is 40.0 Å². The normalized spacial score (nSPS) is 28.3. The molecule has 0 radical (unpaired) electrons. The van der Waals surface area contributed by atoms with Crippen molar-refractivity contribution < 1.29 is 4.74 Å². The summed E-state index contributed by atoms with van der Waals surface area (Å²) in [6, 6.07) is 0.636. The Morgan fingerprint density at radius 3 is 2.56 bits per heavy atom. The van der Waals surface area contributed by atoms with Gasteiger partial charge in [-0.1, -0.05) is 0 Å². The molecule has 1 saturated heterocycles. The first-order valence-corrected chi connectivity index (χ1v) is 7.25. The summed E-state index contributed by atoms with van der Waals surface area (Å²) in [5.41, 5.74) is 6.14. The third-order valence-electron chi connectivity index (χ3n) is 4.27. The Kier molecular flexibility index (Phi) is 6.57. The number of hydrogen-bond acceptors (Lipinski definition) is 4. The fourth-order valence-electron chi connectivity index (χ4n) is 2.63. The van der Waals surface area contributed by atoms with Crippen LogP contribution in [0.5, 0.6) is 0 Å². The van der Waals surface area contributed by atoms with E-state index in [0.717, 1.165) is 26.1 Å². The lowest BCUT2D eigenvalue weighted by Crippen LogP contribution is -2.53. The van der Waals surface area contributed by atoms with Gasteiger partial charge in [-0.05, 0) is 46.6 Å². The average Bonchev–Trinajstić information content (AvgIpc) is 2.59. The van der Waals surface area contributed by atoms with E-state index in [2.05, 4.69) is 31.0 Å². The Bertz CT molecular complexity index is 235. The Balaban J connectivity index is 2.53. The van der Waals surface area contributed by atoms with Gasteiger partial charge in [0, 0.05) is 38.3 Å². The third kappa shape index (κ3) is 4.50. The summed E-state index contributed by atoms with van der Waals surface area (Å²) in [5, 5.41) is 3.66. The molecule has 0 aromatic rings. The van der Waals surface area contributed by atoms with Crippen molar-refractivity contribution in [2.45, 2.75) is 57.7 Å². The van der Waals surface area contributed by atoms with Crippen LogP contribution in [0.15, 0.2) is 0 Å². The number of methoxy groups -OCH3 is 1. The van der Waals surface area contributed by atoms with E-state index >= 15 is 0 Å². The van der Waals surface area contributed by atoms with E-state index in [9.17, 15) is 0 Å². The van der Waals surface area contributed by atoms with E-state index in [4.69, 9.17) is 10.5 Å². The van der Waals surface area contributed by atoms with E-state index in [-0.39, 0.29) is 11.6 Å². The quantitative estimate of drug-likeness (QED) is 0.751. The maximum atomic E-state index is 6.04. The molecule has 2 unspecified atom stereocenters. The van der Waals surface area contributed by atoms with Crippen molar-refractivity contribution in [1.29, 1.82) is 0 Å². The summed E-state index contributed by atoms with van der Waals surface area (Å²) in [5.74, 6) is 0. The third-order valence-corrected chi connectivity index (χ3v) is 4.27. The van der Waals surface area contributed by atoms with Crippen LogP contribution in [0.2, 0.25) is 0 Å². The number of nitrogens with two attached hydrogens (primary N) is 1. The molecule has 1 rings (SSSR count). The van der Waals surface area contributed by atoms with Crippen LogP contribution in [-0.2, 0) is 4.74 Å². The van der Waals surface area contributed by atoms with Crippen LogP contribution in [0.3, 0.4) is 0 Å². The number of likely N-dealkylation sites (tertiary alicyclic amines) is 1. The van der Waals surface area contributed by atoms with Crippen LogP contribution in [-0.4, -0.2) is 55.9 Å². The van der Waals surface area contributed by atoms with Crippen molar-refractivity contribution in [2.75, 3.05) is 33.3 Å². The van der Waals surface area contributed by atoms with E-state index in [1.165, 1.54) is 19.4 Å². The van der Waals surface area contributed by atoms with Crippen LogP contribution in [0.25, 0.3) is 0 Å². The molecule has 0 amide bonds. The molecular weight excluding hydrogens is 226 g/mol. The lowest BCUT2D eigenvalue weighted by Gasteiger charge is -2.34. The molecule has 1 aliphatic rings. The monoisotopic (exact) mass is 257 g/mol. The fraction of sp³-hybridized carbons (Fsp3) is 1.00. The zero-order valence-electron chi connectivity index (χ0n) is 12.5. The van der Waals surface area contributed by atoms with Gasteiger partial charge in [0.1, 0.15) is 0 Å². The summed E-state index contributed by atoms with van der Waals surface area (Å²) in [6.45, 7) is 10.6. The Morgan fingerprint density at radius 2 is 2.00 bits per heavy atom. The summed E-state index contributed by atoms with van der Waals surface area (Å²) >= 11 is 0. The second kappa shape index (κ2) is 7.43. The van der Waals surface area contributed by atoms with Gasteiger partial charge in [-0.3, -0.25) is 0 Å². The first-order chi connectivity index (χ1) is 8.53. The topological polar surface area (TPSA) is 50.5 Å². The van der Waals surface area contributed by atoms with E-state index < -0.39 is 0 Å². The van der Waals surface area contributed by atoms with Crippen LogP contribution in [0, 0.1) is 0 Å². The van der Waals surface area contributed by atoms with Gasteiger partial charge in [0.15, 0.2) is 0 Å². The predicted molar refractivity (Wildman–Crippen MR) is 76.8 cm³/mol. The molecule has 4 heteroatoms. The van der Waals surface area contributed by atoms with E-state index in [1.807, 2.05) is 0 Å². The number of rotatable bonds is 6. The molecule has 0 aromatic heterocycles. The molecule has 108 valence electrons. The standard InChI is InChI=1S/C14H31N3O/c1-12(2)17-8-5-6-14(11-15,7-9-17)16-10-13(3)18-4/h12-13,16H,5-11,15H2,1-4H3. The van der Waals surface area contributed by atoms with Gasteiger partial charge < -0.3 is 20.7 Å². The summed E-state index contributed by atoms with van der Waals surface area (Å²) < 4.78 is 5.31. The van der Waals surface area contributed by atoms with Gasteiger partial charge in [-0.15, -0.1) is 0 Å². The number of nitrogens with zero attached hydrogens (tertiary/aromatic N) is 1. The second-order valence-electron chi connectivity index (χ2n) is 5.89. The Labute approximate surface area is 112 Å². The molecule has 1 fully saturated rings. The minimum atomic E-state index is 0.108. The molecule has 3 N–H and O–H groups in total. The largest absolute Gasteiger partial charge is 0.380 e. The Morgan fingerprint density at radius 1 is 1.28 bits per heavy atom. The zero-order chi connectivity index (χ0) is 13.6. The van der Waals surface area contributed by atoms with Gasteiger partial charge >= 0.3 is 0 Å². The highest BCUT2D eigenvalue weighted by molar-refractivity contribution is 4.93. The number of ether oxygens (including phenoxy) is 1. The van der Waals surface area contributed by atoms with Gasteiger partial charge in [-0.2, -0.15) is 0 Å². The first-order valence-electron chi connectivity index (χ1n) is 7.25.